The van der Waals surface area contributed by atoms with Crippen LogP contribution in [0.3, 0.4) is 0 Å². The molecule has 0 bridgehead atoms. The van der Waals surface area contributed by atoms with Crippen molar-refractivity contribution in [2.75, 3.05) is 0 Å². The third kappa shape index (κ3) is 3.53. The maximum absolute atomic E-state index is 4.95. The standard InChI is InChI=1S/C18H24N2S/c1-4-13(3)19-11-16-17(14-9-10-14)20-18(21-16)15-7-5-12(2)6-8-15/h5-8,13-14,19H,4,9-11H2,1-3H3. The zero-order chi connectivity index (χ0) is 14.8. The molecule has 1 aliphatic carbocycles. The summed E-state index contributed by atoms with van der Waals surface area (Å²) in [5.41, 5.74) is 3.91. The van der Waals surface area contributed by atoms with E-state index in [1.165, 1.54) is 46.0 Å². The summed E-state index contributed by atoms with van der Waals surface area (Å²) >= 11 is 1.87. The molecule has 1 N–H and O–H groups in total. The summed E-state index contributed by atoms with van der Waals surface area (Å²) in [6.07, 6.45) is 3.79. The highest BCUT2D eigenvalue weighted by Gasteiger charge is 2.29. The van der Waals surface area contributed by atoms with E-state index in [2.05, 4.69) is 50.4 Å². The average Bonchev–Trinajstić information content (AvgIpc) is 3.26. The van der Waals surface area contributed by atoms with E-state index in [1.54, 1.807) is 0 Å². The molecular weight excluding hydrogens is 276 g/mol. The van der Waals surface area contributed by atoms with Crippen LogP contribution in [0.15, 0.2) is 24.3 Å². The zero-order valence-electron chi connectivity index (χ0n) is 13.1. The van der Waals surface area contributed by atoms with E-state index in [4.69, 9.17) is 4.98 Å². The quantitative estimate of drug-likeness (QED) is 0.822. The highest BCUT2D eigenvalue weighted by atomic mass is 32.1. The Bertz CT molecular complexity index is 596. The monoisotopic (exact) mass is 300 g/mol. The van der Waals surface area contributed by atoms with E-state index >= 15 is 0 Å². The molecule has 2 nitrogen and oxygen atoms in total. The minimum Gasteiger partial charge on any atom is -0.309 e. The van der Waals surface area contributed by atoms with E-state index in [1.807, 2.05) is 11.3 Å². The molecule has 2 aromatic rings. The van der Waals surface area contributed by atoms with Gasteiger partial charge in [-0.2, -0.15) is 0 Å². The third-order valence-corrected chi connectivity index (χ3v) is 5.33. The molecule has 0 aliphatic heterocycles. The minimum absolute atomic E-state index is 0.571. The molecule has 21 heavy (non-hydrogen) atoms. The fourth-order valence-corrected chi connectivity index (χ4v) is 3.50. The van der Waals surface area contributed by atoms with Crippen LogP contribution in [0.25, 0.3) is 10.6 Å². The molecule has 1 aromatic carbocycles. The Kier molecular flexibility index (Phi) is 4.41. The first-order valence-corrected chi connectivity index (χ1v) is 8.79. The summed E-state index contributed by atoms with van der Waals surface area (Å²) in [6, 6.07) is 9.30. The molecule has 1 atom stereocenters. The van der Waals surface area contributed by atoms with Crippen molar-refractivity contribution in [2.45, 2.75) is 58.5 Å². The van der Waals surface area contributed by atoms with Gasteiger partial charge in [-0.3, -0.25) is 0 Å². The topological polar surface area (TPSA) is 24.9 Å². The lowest BCUT2D eigenvalue weighted by atomic mass is 10.1. The van der Waals surface area contributed by atoms with Crippen LogP contribution in [0.1, 0.15) is 55.2 Å². The van der Waals surface area contributed by atoms with Gasteiger partial charge in [0.25, 0.3) is 0 Å². The van der Waals surface area contributed by atoms with E-state index in [0.29, 0.717) is 12.0 Å². The van der Waals surface area contributed by atoms with Crippen molar-refractivity contribution in [1.29, 1.82) is 0 Å². The highest BCUT2D eigenvalue weighted by Crippen LogP contribution is 2.44. The Hall–Kier alpha value is -1.19. The van der Waals surface area contributed by atoms with Crippen LogP contribution >= 0.6 is 11.3 Å². The van der Waals surface area contributed by atoms with Gasteiger partial charge in [0, 0.05) is 28.9 Å². The Morgan fingerprint density at radius 3 is 2.62 bits per heavy atom. The molecule has 1 saturated carbocycles. The van der Waals surface area contributed by atoms with Crippen molar-refractivity contribution in [3.63, 3.8) is 0 Å². The number of rotatable bonds is 6. The highest BCUT2D eigenvalue weighted by molar-refractivity contribution is 7.15. The van der Waals surface area contributed by atoms with Gasteiger partial charge in [0.15, 0.2) is 0 Å². The Labute approximate surface area is 131 Å². The Balaban J connectivity index is 1.83. The van der Waals surface area contributed by atoms with E-state index in [9.17, 15) is 0 Å². The van der Waals surface area contributed by atoms with Crippen LogP contribution in [0.5, 0.6) is 0 Å². The number of nitrogens with one attached hydrogen (secondary N) is 1. The van der Waals surface area contributed by atoms with Crippen LogP contribution in [-0.2, 0) is 6.54 Å². The number of aryl methyl sites for hydroxylation is 1. The fourth-order valence-electron chi connectivity index (χ4n) is 2.40. The van der Waals surface area contributed by atoms with Gasteiger partial charge in [-0.05, 0) is 33.1 Å². The fraction of sp³-hybridized carbons (Fsp3) is 0.500. The van der Waals surface area contributed by atoms with Crippen molar-refractivity contribution >= 4 is 11.3 Å². The summed E-state index contributed by atoms with van der Waals surface area (Å²) in [5, 5.41) is 4.79. The van der Waals surface area contributed by atoms with Crippen molar-refractivity contribution in [2.24, 2.45) is 0 Å². The largest absolute Gasteiger partial charge is 0.309 e. The first-order valence-electron chi connectivity index (χ1n) is 7.97. The first kappa shape index (κ1) is 14.7. The summed E-state index contributed by atoms with van der Waals surface area (Å²) in [6.45, 7) is 7.57. The Morgan fingerprint density at radius 2 is 2.00 bits per heavy atom. The van der Waals surface area contributed by atoms with Gasteiger partial charge >= 0.3 is 0 Å². The second-order valence-corrected chi connectivity index (χ2v) is 7.24. The second-order valence-electron chi connectivity index (χ2n) is 6.16. The number of hydrogen-bond acceptors (Lipinski definition) is 3. The SMILES string of the molecule is CCC(C)NCc1sc(-c2ccc(C)cc2)nc1C1CC1. The van der Waals surface area contributed by atoms with Crippen LogP contribution in [0.4, 0.5) is 0 Å². The van der Waals surface area contributed by atoms with Crippen LogP contribution in [0.2, 0.25) is 0 Å². The molecule has 0 amide bonds. The van der Waals surface area contributed by atoms with Gasteiger partial charge in [-0.1, -0.05) is 36.8 Å². The lowest BCUT2D eigenvalue weighted by molar-refractivity contribution is 0.535. The van der Waals surface area contributed by atoms with Crippen LogP contribution in [-0.4, -0.2) is 11.0 Å². The normalized spacial score (nSPS) is 16.1. The van der Waals surface area contributed by atoms with Gasteiger partial charge in [0.2, 0.25) is 0 Å². The molecule has 1 aromatic heterocycles. The molecule has 1 unspecified atom stereocenters. The lowest BCUT2D eigenvalue weighted by Crippen LogP contribution is -2.24. The van der Waals surface area contributed by atoms with Gasteiger partial charge in [0.1, 0.15) is 5.01 Å². The van der Waals surface area contributed by atoms with Gasteiger partial charge in [-0.15, -0.1) is 11.3 Å². The summed E-state index contributed by atoms with van der Waals surface area (Å²) < 4.78 is 0. The van der Waals surface area contributed by atoms with Crippen LogP contribution in [0, 0.1) is 6.92 Å². The summed E-state index contributed by atoms with van der Waals surface area (Å²) in [7, 11) is 0. The third-order valence-electron chi connectivity index (χ3n) is 4.21. The maximum Gasteiger partial charge on any atom is 0.123 e. The molecule has 1 fully saturated rings. The first-order chi connectivity index (χ1) is 10.2. The van der Waals surface area contributed by atoms with E-state index < -0.39 is 0 Å². The predicted octanol–water partition coefficient (Wildman–Crippen LogP) is 4.88. The van der Waals surface area contributed by atoms with Crippen molar-refractivity contribution in [3.05, 3.63) is 40.4 Å². The summed E-state index contributed by atoms with van der Waals surface area (Å²) in [4.78, 5) is 6.39. The zero-order valence-corrected chi connectivity index (χ0v) is 14.0. The molecule has 0 radical (unpaired) electrons. The second kappa shape index (κ2) is 6.29. The molecular formula is C18H24N2S. The van der Waals surface area contributed by atoms with Crippen molar-refractivity contribution in [3.8, 4) is 10.6 Å². The lowest BCUT2D eigenvalue weighted by Gasteiger charge is -2.10. The smallest absolute Gasteiger partial charge is 0.123 e. The molecule has 0 saturated heterocycles. The number of benzene rings is 1. The number of aromatic nitrogens is 1. The maximum atomic E-state index is 4.95. The number of nitrogens with zero attached hydrogens (tertiary/aromatic N) is 1. The van der Waals surface area contributed by atoms with Crippen LogP contribution < -0.4 is 5.32 Å². The Morgan fingerprint density at radius 1 is 1.29 bits per heavy atom. The van der Waals surface area contributed by atoms with E-state index in [0.717, 1.165) is 6.54 Å². The van der Waals surface area contributed by atoms with E-state index in [-0.39, 0.29) is 0 Å². The molecule has 1 aliphatic rings. The number of thiazole rings is 1. The average molecular weight is 300 g/mol. The molecule has 0 spiro atoms. The van der Waals surface area contributed by atoms with Gasteiger partial charge in [0.05, 0.1) is 5.69 Å². The van der Waals surface area contributed by atoms with Gasteiger partial charge < -0.3 is 5.32 Å². The summed E-state index contributed by atoms with van der Waals surface area (Å²) in [5.74, 6) is 0.717. The van der Waals surface area contributed by atoms with Gasteiger partial charge in [-0.25, -0.2) is 4.98 Å². The van der Waals surface area contributed by atoms with Crippen molar-refractivity contribution in [1.82, 2.24) is 10.3 Å². The minimum atomic E-state index is 0.571. The van der Waals surface area contributed by atoms with Crippen molar-refractivity contribution < 1.29 is 0 Å². The predicted molar refractivity (Wildman–Crippen MR) is 90.9 cm³/mol. The molecule has 112 valence electrons. The molecule has 1 heterocycles. The molecule has 3 rings (SSSR count). The number of hydrogen-bond donors (Lipinski definition) is 1. The molecule has 3 heteroatoms.